The number of urea groups is 1. The Bertz CT molecular complexity index is 450. The van der Waals surface area contributed by atoms with Gasteiger partial charge in [0.2, 0.25) is 0 Å². The first-order valence-electron chi connectivity index (χ1n) is 7.40. The van der Waals surface area contributed by atoms with Crippen molar-refractivity contribution in [1.29, 1.82) is 0 Å². The number of aryl methyl sites for hydroxylation is 2. The molecule has 1 aliphatic rings. The van der Waals surface area contributed by atoms with Crippen molar-refractivity contribution >= 4 is 6.03 Å². The summed E-state index contributed by atoms with van der Waals surface area (Å²) >= 11 is 0. The largest absolute Gasteiger partial charge is 0.361 e. The van der Waals surface area contributed by atoms with E-state index in [0.29, 0.717) is 18.5 Å². The van der Waals surface area contributed by atoms with E-state index >= 15 is 0 Å². The van der Waals surface area contributed by atoms with Crippen LogP contribution in [0.2, 0.25) is 0 Å². The smallest absolute Gasteiger partial charge is 0.317 e. The molecule has 0 radical (unpaired) electrons. The van der Waals surface area contributed by atoms with Gasteiger partial charge >= 0.3 is 6.03 Å². The van der Waals surface area contributed by atoms with Gasteiger partial charge in [0, 0.05) is 18.7 Å². The Morgan fingerprint density at radius 3 is 2.80 bits per heavy atom. The molecule has 0 aromatic carbocycles. The van der Waals surface area contributed by atoms with Crippen molar-refractivity contribution in [2.24, 2.45) is 5.92 Å². The molecule has 5 nitrogen and oxygen atoms in total. The van der Waals surface area contributed by atoms with Crippen molar-refractivity contribution in [1.82, 2.24) is 15.4 Å². The van der Waals surface area contributed by atoms with Crippen LogP contribution >= 0.6 is 0 Å². The van der Waals surface area contributed by atoms with E-state index in [1.165, 1.54) is 12.8 Å². The maximum Gasteiger partial charge on any atom is 0.317 e. The van der Waals surface area contributed by atoms with Gasteiger partial charge < -0.3 is 14.7 Å². The highest BCUT2D eigenvalue weighted by atomic mass is 16.5. The van der Waals surface area contributed by atoms with Gasteiger partial charge in [0.1, 0.15) is 5.76 Å². The highest BCUT2D eigenvalue weighted by Gasteiger charge is 2.22. The summed E-state index contributed by atoms with van der Waals surface area (Å²) in [6.07, 6.45) is 4.67. The van der Waals surface area contributed by atoms with Crippen LogP contribution in [0.3, 0.4) is 0 Å². The third-order valence-electron chi connectivity index (χ3n) is 4.19. The number of aromatic nitrogens is 1. The molecule has 1 N–H and O–H groups in total. The van der Waals surface area contributed by atoms with Crippen LogP contribution in [0.15, 0.2) is 4.52 Å². The molecule has 2 amide bonds. The first-order chi connectivity index (χ1) is 9.47. The summed E-state index contributed by atoms with van der Waals surface area (Å²) < 4.78 is 5.13. The molecule has 1 saturated carbocycles. The minimum absolute atomic E-state index is 0.0101. The van der Waals surface area contributed by atoms with E-state index in [1.54, 1.807) is 4.90 Å². The molecule has 0 saturated heterocycles. The second kappa shape index (κ2) is 6.29. The molecule has 1 fully saturated rings. The van der Waals surface area contributed by atoms with Crippen molar-refractivity contribution in [3.63, 3.8) is 0 Å². The summed E-state index contributed by atoms with van der Waals surface area (Å²) in [4.78, 5) is 13.9. The van der Waals surface area contributed by atoms with E-state index < -0.39 is 0 Å². The molecule has 2 rings (SSSR count). The molecular weight excluding hydrogens is 254 g/mol. The molecule has 1 aromatic heterocycles. The summed E-state index contributed by atoms with van der Waals surface area (Å²) in [6.45, 7) is 6.57. The lowest BCUT2D eigenvalue weighted by Crippen LogP contribution is -2.44. The highest BCUT2D eigenvalue weighted by Crippen LogP contribution is 2.23. The number of carbonyl (C=O) groups is 1. The number of rotatable bonds is 3. The topological polar surface area (TPSA) is 58.4 Å². The van der Waals surface area contributed by atoms with Crippen LogP contribution in [-0.4, -0.2) is 29.2 Å². The number of carbonyl (C=O) groups excluding carboxylic acids is 1. The van der Waals surface area contributed by atoms with E-state index in [2.05, 4.69) is 17.4 Å². The molecule has 0 bridgehead atoms. The Morgan fingerprint density at radius 1 is 1.45 bits per heavy atom. The molecular formula is C15H25N3O2. The average molecular weight is 279 g/mol. The second-order valence-corrected chi connectivity index (χ2v) is 6.08. The predicted molar refractivity (Wildman–Crippen MR) is 77.4 cm³/mol. The van der Waals surface area contributed by atoms with Gasteiger partial charge in [-0.05, 0) is 32.6 Å². The van der Waals surface area contributed by atoms with Gasteiger partial charge in [0.15, 0.2) is 0 Å². The normalized spacial score (nSPS) is 22.6. The van der Waals surface area contributed by atoms with Crippen molar-refractivity contribution in [3.8, 4) is 0 Å². The van der Waals surface area contributed by atoms with Crippen LogP contribution in [-0.2, 0) is 6.54 Å². The Hall–Kier alpha value is -1.52. The Morgan fingerprint density at radius 2 is 2.20 bits per heavy atom. The zero-order valence-corrected chi connectivity index (χ0v) is 12.9. The molecule has 112 valence electrons. The number of amides is 2. The van der Waals surface area contributed by atoms with Crippen LogP contribution in [0.25, 0.3) is 0 Å². The van der Waals surface area contributed by atoms with E-state index in [0.717, 1.165) is 29.9 Å². The number of hydrogen-bond acceptors (Lipinski definition) is 3. The van der Waals surface area contributed by atoms with Crippen molar-refractivity contribution in [2.75, 3.05) is 7.05 Å². The molecule has 0 spiro atoms. The SMILES string of the molecule is Cc1noc(C)c1CN(C)C(=O)NC1CCCC(C)C1. The zero-order chi connectivity index (χ0) is 14.7. The number of nitrogens with zero attached hydrogens (tertiary/aromatic N) is 2. The third kappa shape index (κ3) is 3.52. The lowest BCUT2D eigenvalue weighted by molar-refractivity contribution is 0.194. The Labute approximate surface area is 120 Å². The third-order valence-corrected chi connectivity index (χ3v) is 4.19. The zero-order valence-electron chi connectivity index (χ0n) is 12.9. The molecule has 1 aromatic rings. The van der Waals surface area contributed by atoms with E-state index in [4.69, 9.17) is 4.52 Å². The summed E-state index contributed by atoms with van der Waals surface area (Å²) in [6, 6.07) is 0.308. The minimum atomic E-state index is -0.0101. The quantitative estimate of drug-likeness (QED) is 0.925. The Kier molecular flexibility index (Phi) is 4.68. The molecule has 1 heterocycles. The summed E-state index contributed by atoms with van der Waals surface area (Å²) in [5.41, 5.74) is 1.85. The van der Waals surface area contributed by atoms with Crippen molar-refractivity contribution in [3.05, 3.63) is 17.0 Å². The molecule has 5 heteroatoms. The monoisotopic (exact) mass is 279 g/mol. The Balaban J connectivity index is 1.89. The molecule has 20 heavy (non-hydrogen) atoms. The number of hydrogen-bond donors (Lipinski definition) is 1. The molecule has 2 atom stereocenters. The predicted octanol–water partition coefficient (Wildman–Crippen LogP) is 3.01. The van der Waals surface area contributed by atoms with Crippen LogP contribution in [0.4, 0.5) is 4.79 Å². The maximum atomic E-state index is 12.2. The first kappa shape index (κ1) is 14.9. The fourth-order valence-electron chi connectivity index (χ4n) is 2.89. The van der Waals surface area contributed by atoms with Gasteiger partial charge in [-0.2, -0.15) is 0 Å². The minimum Gasteiger partial charge on any atom is -0.361 e. The van der Waals surface area contributed by atoms with Gasteiger partial charge in [-0.25, -0.2) is 4.79 Å². The fraction of sp³-hybridized carbons (Fsp3) is 0.733. The maximum absolute atomic E-state index is 12.2. The van der Waals surface area contributed by atoms with Crippen LogP contribution in [0.1, 0.15) is 49.6 Å². The molecule has 1 aliphatic carbocycles. The van der Waals surface area contributed by atoms with Crippen molar-refractivity contribution in [2.45, 2.75) is 59.0 Å². The fourth-order valence-corrected chi connectivity index (χ4v) is 2.89. The highest BCUT2D eigenvalue weighted by molar-refractivity contribution is 5.74. The average Bonchev–Trinajstić information content (AvgIpc) is 2.70. The summed E-state index contributed by atoms with van der Waals surface area (Å²) in [5.74, 6) is 1.50. The van der Waals surface area contributed by atoms with Crippen LogP contribution < -0.4 is 5.32 Å². The lowest BCUT2D eigenvalue weighted by atomic mass is 9.87. The summed E-state index contributed by atoms with van der Waals surface area (Å²) in [7, 11) is 1.81. The van der Waals surface area contributed by atoms with Crippen molar-refractivity contribution < 1.29 is 9.32 Å². The second-order valence-electron chi connectivity index (χ2n) is 6.08. The van der Waals surface area contributed by atoms with Gasteiger partial charge in [-0.3, -0.25) is 0 Å². The number of nitrogens with one attached hydrogen (secondary N) is 1. The lowest BCUT2D eigenvalue weighted by Gasteiger charge is -2.29. The molecule has 0 aliphatic heterocycles. The van der Waals surface area contributed by atoms with Gasteiger partial charge in [0.25, 0.3) is 0 Å². The summed E-state index contributed by atoms with van der Waals surface area (Å²) in [5, 5.41) is 7.06. The first-order valence-corrected chi connectivity index (χ1v) is 7.40. The van der Waals surface area contributed by atoms with Gasteiger partial charge in [0.05, 0.1) is 12.2 Å². The van der Waals surface area contributed by atoms with E-state index in [9.17, 15) is 4.79 Å². The van der Waals surface area contributed by atoms with Gasteiger partial charge in [-0.15, -0.1) is 0 Å². The molecule has 2 unspecified atom stereocenters. The standard InChI is InChI=1S/C15H25N3O2/c1-10-6-5-7-13(8-10)16-15(19)18(4)9-14-11(2)17-20-12(14)3/h10,13H,5-9H2,1-4H3,(H,16,19). The van der Waals surface area contributed by atoms with Gasteiger partial charge in [-0.1, -0.05) is 24.9 Å². The van der Waals surface area contributed by atoms with Crippen LogP contribution in [0.5, 0.6) is 0 Å². The van der Waals surface area contributed by atoms with Crippen LogP contribution in [0, 0.1) is 19.8 Å². The van der Waals surface area contributed by atoms with E-state index in [1.807, 2.05) is 20.9 Å². The van der Waals surface area contributed by atoms with E-state index in [-0.39, 0.29) is 6.03 Å².